The number of para-hydroxylation sites is 2. The summed E-state index contributed by atoms with van der Waals surface area (Å²) in [5.74, 6) is -0.0447. The highest BCUT2D eigenvalue weighted by Gasteiger charge is 2.30. The molecule has 0 fully saturated rings. The van der Waals surface area contributed by atoms with E-state index < -0.39 is 16.1 Å². The van der Waals surface area contributed by atoms with E-state index in [1.807, 2.05) is 42.5 Å². The second kappa shape index (κ2) is 16.2. The lowest BCUT2D eigenvalue weighted by atomic mass is 10.0. The maximum absolute atomic E-state index is 13.9. The first-order chi connectivity index (χ1) is 20.1. The van der Waals surface area contributed by atoms with Crippen LogP contribution in [0.4, 0.5) is 5.69 Å². The van der Waals surface area contributed by atoms with Crippen molar-refractivity contribution in [2.24, 2.45) is 0 Å². The average molecular weight is 614 g/mol. The first-order valence-electron chi connectivity index (χ1n) is 14.1. The molecular weight excluding hydrogens is 574 g/mol. The van der Waals surface area contributed by atoms with E-state index in [2.05, 4.69) is 12.2 Å². The topological polar surface area (TPSA) is 96.0 Å². The van der Waals surface area contributed by atoms with E-state index in [0.29, 0.717) is 29.4 Å². The Labute approximate surface area is 254 Å². The molecule has 0 saturated heterocycles. The van der Waals surface area contributed by atoms with Crippen molar-refractivity contribution >= 4 is 39.1 Å². The molecule has 1 N–H and O–H groups in total. The van der Waals surface area contributed by atoms with Crippen LogP contribution in [0.3, 0.4) is 0 Å². The normalized spacial score (nSPS) is 11.9. The quantitative estimate of drug-likeness (QED) is 0.217. The zero-order valence-electron chi connectivity index (χ0n) is 24.5. The van der Waals surface area contributed by atoms with Gasteiger partial charge in [-0.1, -0.05) is 79.5 Å². The fraction of sp³-hybridized carbons (Fsp3) is 0.375. The number of anilines is 1. The number of carbonyl (C=O) groups excluding carboxylic acids is 2. The van der Waals surface area contributed by atoms with Crippen LogP contribution < -0.4 is 14.4 Å². The molecule has 0 aromatic heterocycles. The van der Waals surface area contributed by atoms with Gasteiger partial charge in [0.15, 0.2) is 0 Å². The number of benzene rings is 3. The van der Waals surface area contributed by atoms with Crippen molar-refractivity contribution in [3.05, 3.63) is 95.0 Å². The van der Waals surface area contributed by atoms with E-state index in [1.54, 1.807) is 41.3 Å². The van der Waals surface area contributed by atoms with E-state index >= 15 is 0 Å². The number of unbranched alkanes of at least 4 members (excludes halogenated alkanes) is 1. The van der Waals surface area contributed by atoms with Gasteiger partial charge in [-0.2, -0.15) is 0 Å². The Balaban J connectivity index is 1.88. The predicted octanol–water partition coefficient (Wildman–Crippen LogP) is 5.45. The Morgan fingerprint density at radius 3 is 2.24 bits per heavy atom. The lowest BCUT2D eigenvalue weighted by Crippen LogP contribution is -2.50. The molecule has 0 aliphatic carbocycles. The van der Waals surface area contributed by atoms with Gasteiger partial charge < -0.3 is 15.0 Å². The van der Waals surface area contributed by atoms with Crippen LogP contribution in [0.1, 0.15) is 43.7 Å². The average Bonchev–Trinajstić information content (AvgIpc) is 2.98. The van der Waals surface area contributed by atoms with Gasteiger partial charge in [0, 0.05) is 37.5 Å². The molecule has 3 aromatic rings. The summed E-state index contributed by atoms with van der Waals surface area (Å²) < 4.78 is 32.1. The van der Waals surface area contributed by atoms with Crippen molar-refractivity contribution in [1.29, 1.82) is 0 Å². The number of hydrogen-bond acceptors (Lipinski definition) is 5. The molecule has 42 heavy (non-hydrogen) atoms. The molecule has 226 valence electrons. The third-order valence-corrected chi connectivity index (χ3v) is 8.30. The number of rotatable bonds is 16. The molecule has 10 heteroatoms. The third-order valence-electron chi connectivity index (χ3n) is 6.87. The molecule has 0 radical (unpaired) electrons. The largest absolute Gasteiger partial charge is 0.495 e. The Hall–Kier alpha value is -3.56. The van der Waals surface area contributed by atoms with Crippen molar-refractivity contribution < 1.29 is 22.7 Å². The fourth-order valence-electron chi connectivity index (χ4n) is 4.66. The molecule has 8 nitrogen and oxygen atoms in total. The number of halogens is 1. The van der Waals surface area contributed by atoms with Gasteiger partial charge in [0.2, 0.25) is 21.8 Å². The summed E-state index contributed by atoms with van der Waals surface area (Å²) in [6.07, 6.45) is 3.53. The molecule has 3 rings (SSSR count). The highest BCUT2D eigenvalue weighted by molar-refractivity contribution is 7.92. The van der Waals surface area contributed by atoms with Crippen LogP contribution in [0.15, 0.2) is 78.9 Å². The van der Waals surface area contributed by atoms with Crippen LogP contribution in [0.2, 0.25) is 5.02 Å². The van der Waals surface area contributed by atoms with Crippen molar-refractivity contribution in [1.82, 2.24) is 10.2 Å². The molecule has 0 saturated carbocycles. The van der Waals surface area contributed by atoms with Gasteiger partial charge in [0.05, 0.1) is 19.1 Å². The van der Waals surface area contributed by atoms with Crippen molar-refractivity contribution in [2.45, 2.75) is 51.6 Å². The summed E-state index contributed by atoms with van der Waals surface area (Å²) in [5, 5.41) is 3.58. The Morgan fingerprint density at radius 2 is 1.60 bits per heavy atom. The molecule has 0 aliphatic rings. The zero-order chi connectivity index (χ0) is 30.5. The predicted molar refractivity (Wildman–Crippen MR) is 168 cm³/mol. The zero-order valence-corrected chi connectivity index (χ0v) is 26.0. The van der Waals surface area contributed by atoms with Crippen LogP contribution >= 0.6 is 11.6 Å². The van der Waals surface area contributed by atoms with Crippen molar-refractivity contribution in [2.75, 3.05) is 30.8 Å². The number of carbonyl (C=O) groups is 2. The molecular formula is C32H40ClN3O5S. The molecule has 3 aromatic carbocycles. The number of ether oxygens (including phenoxy) is 1. The molecule has 0 heterocycles. The Kier molecular flexibility index (Phi) is 12.7. The first kappa shape index (κ1) is 32.9. The van der Waals surface area contributed by atoms with E-state index in [0.717, 1.165) is 30.2 Å². The maximum Gasteiger partial charge on any atom is 0.243 e. The number of nitrogens with zero attached hydrogens (tertiary/aromatic N) is 2. The SMILES string of the molecule is CCCCNC(=O)[C@@H](Cc1ccccc1)N(Cc1ccc(Cl)cc1)C(=O)CCCN(c1ccccc1OC)S(C)(=O)=O. The Bertz CT molecular complexity index is 1400. The highest BCUT2D eigenvalue weighted by Crippen LogP contribution is 2.30. The van der Waals surface area contributed by atoms with Crippen LogP contribution in [0.5, 0.6) is 5.75 Å². The minimum Gasteiger partial charge on any atom is -0.495 e. The fourth-order valence-corrected chi connectivity index (χ4v) is 5.76. The van der Waals surface area contributed by atoms with Gasteiger partial charge in [-0.15, -0.1) is 0 Å². The number of sulfonamides is 1. The van der Waals surface area contributed by atoms with Gasteiger partial charge in [0.1, 0.15) is 11.8 Å². The summed E-state index contributed by atoms with van der Waals surface area (Å²) in [7, 11) is -2.17. The minimum atomic E-state index is -3.65. The van der Waals surface area contributed by atoms with Crippen molar-refractivity contribution in [3.63, 3.8) is 0 Å². The lowest BCUT2D eigenvalue weighted by Gasteiger charge is -2.32. The number of nitrogens with one attached hydrogen (secondary N) is 1. The molecule has 0 aliphatic heterocycles. The van der Waals surface area contributed by atoms with E-state index in [1.165, 1.54) is 11.4 Å². The molecule has 0 spiro atoms. The van der Waals surface area contributed by atoms with Crippen LogP contribution in [0.25, 0.3) is 0 Å². The van der Waals surface area contributed by atoms with E-state index in [4.69, 9.17) is 16.3 Å². The van der Waals surface area contributed by atoms with E-state index in [-0.39, 0.29) is 37.7 Å². The second-order valence-electron chi connectivity index (χ2n) is 10.1. The molecule has 1 atom stereocenters. The minimum absolute atomic E-state index is 0.0439. The monoisotopic (exact) mass is 613 g/mol. The van der Waals surface area contributed by atoms with Gasteiger partial charge in [-0.3, -0.25) is 13.9 Å². The second-order valence-corrected chi connectivity index (χ2v) is 12.5. The van der Waals surface area contributed by atoms with Gasteiger partial charge in [-0.05, 0) is 48.2 Å². The lowest BCUT2D eigenvalue weighted by molar-refractivity contribution is -0.141. The molecule has 2 amide bonds. The summed E-state index contributed by atoms with van der Waals surface area (Å²) in [4.78, 5) is 29.1. The van der Waals surface area contributed by atoms with Crippen LogP contribution in [0, 0.1) is 0 Å². The number of amides is 2. The summed E-state index contributed by atoms with van der Waals surface area (Å²) in [6, 6.07) is 22.9. The van der Waals surface area contributed by atoms with Gasteiger partial charge in [0.25, 0.3) is 0 Å². The Morgan fingerprint density at radius 1 is 0.929 bits per heavy atom. The molecule has 0 unspecified atom stereocenters. The summed E-state index contributed by atoms with van der Waals surface area (Å²) in [6.45, 7) is 2.85. The molecule has 0 bridgehead atoms. The standard InChI is InChI=1S/C32H40ClN3O5S/c1-4-5-21-34-32(38)29(23-25-12-7-6-8-13-25)35(24-26-17-19-27(33)20-18-26)31(37)16-11-22-36(42(3,39)40)28-14-9-10-15-30(28)41-2/h6-10,12-15,17-20,29H,4-5,11,16,21-24H2,1-3H3,(H,34,38)/t29-/m1/s1. The van der Waals surface area contributed by atoms with Crippen LogP contribution in [-0.2, 0) is 32.6 Å². The maximum atomic E-state index is 13.9. The third kappa shape index (κ3) is 9.77. The van der Waals surface area contributed by atoms with Crippen LogP contribution in [-0.4, -0.2) is 57.6 Å². The first-order valence-corrected chi connectivity index (χ1v) is 16.3. The summed E-state index contributed by atoms with van der Waals surface area (Å²) in [5.41, 5.74) is 2.17. The smallest absolute Gasteiger partial charge is 0.243 e. The number of methoxy groups -OCH3 is 1. The van der Waals surface area contributed by atoms with Gasteiger partial charge >= 0.3 is 0 Å². The number of hydrogen-bond donors (Lipinski definition) is 1. The highest BCUT2D eigenvalue weighted by atomic mass is 35.5. The van der Waals surface area contributed by atoms with Crippen molar-refractivity contribution in [3.8, 4) is 5.75 Å². The summed E-state index contributed by atoms with van der Waals surface area (Å²) >= 11 is 6.10. The van der Waals surface area contributed by atoms with E-state index in [9.17, 15) is 18.0 Å². The van der Waals surface area contributed by atoms with Gasteiger partial charge in [-0.25, -0.2) is 8.42 Å².